The van der Waals surface area contributed by atoms with Crippen LogP contribution in [0, 0.1) is 5.41 Å². The number of ether oxygens (including phenoxy) is 1. The molecule has 0 bridgehead atoms. The SMILES string of the molecule is COC(=O)c1c(NC(=O)C2(C)CC2(Cl)Cl)sc2c1CCC2. The van der Waals surface area contributed by atoms with Crippen LogP contribution in [-0.4, -0.2) is 23.3 Å². The van der Waals surface area contributed by atoms with Crippen molar-refractivity contribution in [2.45, 2.75) is 36.9 Å². The van der Waals surface area contributed by atoms with E-state index in [1.54, 1.807) is 6.92 Å². The lowest BCUT2D eigenvalue weighted by atomic mass is 10.1. The van der Waals surface area contributed by atoms with Crippen molar-refractivity contribution in [3.63, 3.8) is 0 Å². The summed E-state index contributed by atoms with van der Waals surface area (Å²) in [5.74, 6) is -0.661. The molecule has 1 atom stereocenters. The number of alkyl halides is 2. The second-order valence-corrected chi connectivity index (χ2v) is 8.31. The third-order valence-electron chi connectivity index (χ3n) is 4.30. The summed E-state index contributed by atoms with van der Waals surface area (Å²) in [7, 11) is 1.34. The van der Waals surface area contributed by atoms with Crippen LogP contribution in [-0.2, 0) is 22.4 Å². The fraction of sp³-hybridized carbons (Fsp3) is 0.571. The number of halogens is 2. The van der Waals surface area contributed by atoms with Crippen LogP contribution in [0.1, 0.15) is 40.6 Å². The summed E-state index contributed by atoms with van der Waals surface area (Å²) in [6.45, 7) is 1.72. The molecular weight excluding hydrogens is 333 g/mol. The van der Waals surface area contributed by atoms with Crippen molar-refractivity contribution < 1.29 is 14.3 Å². The highest BCUT2D eigenvalue weighted by atomic mass is 35.5. The van der Waals surface area contributed by atoms with Gasteiger partial charge in [-0.05, 0) is 38.2 Å². The average molecular weight is 348 g/mol. The van der Waals surface area contributed by atoms with Crippen LogP contribution < -0.4 is 5.32 Å². The van der Waals surface area contributed by atoms with Gasteiger partial charge in [0.05, 0.1) is 18.1 Å². The second kappa shape index (κ2) is 4.86. The molecule has 2 aliphatic rings. The maximum Gasteiger partial charge on any atom is 0.341 e. The molecule has 21 heavy (non-hydrogen) atoms. The van der Waals surface area contributed by atoms with E-state index < -0.39 is 15.7 Å². The Morgan fingerprint density at radius 2 is 2.00 bits per heavy atom. The maximum absolute atomic E-state index is 12.4. The fourth-order valence-corrected chi connectivity index (χ4v) is 4.68. The van der Waals surface area contributed by atoms with Crippen molar-refractivity contribution in [3.05, 3.63) is 16.0 Å². The van der Waals surface area contributed by atoms with Crippen LogP contribution in [0.15, 0.2) is 0 Å². The minimum absolute atomic E-state index is 0.252. The molecule has 0 aromatic carbocycles. The number of rotatable bonds is 3. The molecule has 1 amide bonds. The zero-order chi connectivity index (χ0) is 15.4. The lowest BCUT2D eigenvalue weighted by Crippen LogP contribution is -2.26. The fourth-order valence-electron chi connectivity index (χ4n) is 2.70. The number of methoxy groups -OCH3 is 1. The Hall–Kier alpha value is -0.780. The summed E-state index contributed by atoms with van der Waals surface area (Å²) < 4.78 is 3.82. The van der Waals surface area contributed by atoms with Gasteiger partial charge in [-0.15, -0.1) is 34.5 Å². The van der Waals surface area contributed by atoms with Gasteiger partial charge in [0.2, 0.25) is 5.91 Å². The number of fused-ring (bicyclic) bond motifs is 1. The predicted molar refractivity (Wildman–Crippen MR) is 83.5 cm³/mol. The van der Waals surface area contributed by atoms with Gasteiger partial charge in [0.1, 0.15) is 9.33 Å². The maximum atomic E-state index is 12.4. The standard InChI is InChI=1S/C14H15Cl2NO3S/c1-13(6-14(13,15)16)12(19)17-10-9(11(18)20-2)7-4-3-5-8(7)21-10/h3-6H2,1-2H3,(H,17,19). The van der Waals surface area contributed by atoms with Gasteiger partial charge in [0.25, 0.3) is 0 Å². The van der Waals surface area contributed by atoms with Crippen LogP contribution in [0.4, 0.5) is 5.00 Å². The number of carbonyl (C=O) groups excluding carboxylic acids is 2. The monoisotopic (exact) mass is 347 g/mol. The van der Waals surface area contributed by atoms with E-state index >= 15 is 0 Å². The molecule has 0 spiro atoms. The summed E-state index contributed by atoms with van der Waals surface area (Å²) in [5, 5.41) is 3.37. The molecule has 4 nitrogen and oxygen atoms in total. The van der Waals surface area contributed by atoms with Gasteiger partial charge in [-0.3, -0.25) is 4.79 Å². The van der Waals surface area contributed by atoms with E-state index in [-0.39, 0.29) is 5.91 Å². The highest BCUT2D eigenvalue weighted by Gasteiger charge is 2.68. The molecular formula is C14H15Cl2NO3S. The third kappa shape index (κ3) is 2.26. The highest BCUT2D eigenvalue weighted by molar-refractivity contribution is 7.17. The van der Waals surface area contributed by atoms with Crippen LogP contribution in [0.3, 0.4) is 0 Å². The molecule has 1 fully saturated rings. The van der Waals surface area contributed by atoms with E-state index in [2.05, 4.69) is 5.32 Å². The first-order valence-electron chi connectivity index (χ1n) is 6.72. The molecule has 3 rings (SSSR count). The molecule has 0 aliphatic heterocycles. The number of hydrogen-bond acceptors (Lipinski definition) is 4. The molecule has 0 radical (unpaired) electrons. The molecule has 1 N–H and O–H groups in total. The van der Waals surface area contributed by atoms with Gasteiger partial charge in [-0.1, -0.05) is 0 Å². The number of hydrogen-bond donors (Lipinski definition) is 1. The summed E-state index contributed by atoms with van der Waals surface area (Å²) >= 11 is 13.5. The van der Waals surface area contributed by atoms with E-state index in [1.807, 2.05) is 0 Å². The molecule has 1 saturated carbocycles. The number of thiophene rings is 1. The third-order valence-corrected chi connectivity index (χ3v) is 6.61. The van der Waals surface area contributed by atoms with Gasteiger partial charge in [0, 0.05) is 4.88 Å². The summed E-state index contributed by atoms with van der Waals surface area (Å²) in [6, 6.07) is 0. The van der Waals surface area contributed by atoms with E-state index in [0.29, 0.717) is 17.0 Å². The zero-order valence-corrected chi connectivity index (χ0v) is 14.0. The quantitative estimate of drug-likeness (QED) is 0.671. The number of esters is 1. The first-order valence-corrected chi connectivity index (χ1v) is 8.29. The van der Waals surface area contributed by atoms with Gasteiger partial charge in [-0.2, -0.15) is 0 Å². The van der Waals surface area contributed by atoms with E-state index in [0.717, 1.165) is 29.7 Å². The van der Waals surface area contributed by atoms with E-state index in [9.17, 15) is 9.59 Å². The van der Waals surface area contributed by atoms with E-state index in [1.165, 1.54) is 18.4 Å². The van der Waals surface area contributed by atoms with Crippen molar-refractivity contribution in [2.75, 3.05) is 12.4 Å². The lowest BCUT2D eigenvalue weighted by Gasteiger charge is -2.13. The predicted octanol–water partition coefficient (Wildman–Crippen LogP) is 3.55. The molecule has 1 aromatic heterocycles. The van der Waals surface area contributed by atoms with Crippen molar-refractivity contribution in [1.29, 1.82) is 0 Å². The van der Waals surface area contributed by atoms with Gasteiger partial charge >= 0.3 is 5.97 Å². The van der Waals surface area contributed by atoms with Crippen LogP contribution in [0.5, 0.6) is 0 Å². The molecule has 0 saturated heterocycles. The smallest absolute Gasteiger partial charge is 0.341 e. The molecule has 2 aliphatic carbocycles. The number of aryl methyl sites for hydroxylation is 1. The van der Waals surface area contributed by atoms with Crippen molar-refractivity contribution >= 4 is 51.4 Å². The Bertz CT molecular complexity index is 640. The topological polar surface area (TPSA) is 55.4 Å². The van der Waals surface area contributed by atoms with Crippen molar-refractivity contribution in [1.82, 2.24) is 0 Å². The zero-order valence-electron chi connectivity index (χ0n) is 11.7. The minimum atomic E-state index is -1.03. The van der Waals surface area contributed by atoms with Crippen LogP contribution in [0.2, 0.25) is 0 Å². The number of carbonyl (C=O) groups is 2. The Morgan fingerprint density at radius 1 is 1.33 bits per heavy atom. The number of anilines is 1. The van der Waals surface area contributed by atoms with Crippen LogP contribution >= 0.6 is 34.5 Å². The molecule has 7 heteroatoms. The summed E-state index contributed by atoms with van der Waals surface area (Å²) in [4.78, 5) is 25.5. The van der Waals surface area contributed by atoms with Crippen molar-refractivity contribution in [2.24, 2.45) is 5.41 Å². The Balaban J connectivity index is 1.90. The average Bonchev–Trinajstić information content (AvgIpc) is 2.76. The van der Waals surface area contributed by atoms with Gasteiger partial charge < -0.3 is 10.1 Å². The molecule has 1 heterocycles. The summed E-state index contributed by atoms with van der Waals surface area (Å²) in [6.07, 6.45) is 3.22. The Morgan fingerprint density at radius 3 is 2.57 bits per heavy atom. The summed E-state index contributed by atoms with van der Waals surface area (Å²) in [5.41, 5.74) is 0.686. The molecule has 1 aromatic rings. The number of amides is 1. The largest absolute Gasteiger partial charge is 0.465 e. The van der Waals surface area contributed by atoms with Gasteiger partial charge in [0.15, 0.2) is 0 Å². The van der Waals surface area contributed by atoms with Crippen molar-refractivity contribution in [3.8, 4) is 0 Å². The normalized spacial score (nSPS) is 25.3. The molecule has 1 unspecified atom stereocenters. The highest BCUT2D eigenvalue weighted by Crippen LogP contribution is 2.64. The van der Waals surface area contributed by atoms with Gasteiger partial charge in [-0.25, -0.2) is 4.79 Å². The minimum Gasteiger partial charge on any atom is -0.465 e. The number of nitrogens with one attached hydrogen (secondary N) is 1. The van der Waals surface area contributed by atoms with E-state index in [4.69, 9.17) is 27.9 Å². The second-order valence-electron chi connectivity index (χ2n) is 5.72. The Kier molecular flexibility index (Phi) is 3.50. The Labute approximate surface area is 136 Å². The molecule has 114 valence electrons. The first-order chi connectivity index (χ1) is 9.80. The lowest BCUT2D eigenvalue weighted by molar-refractivity contribution is -0.120. The van der Waals surface area contributed by atoms with Crippen LogP contribution in [0.25, 0.3) is 0 Å². The first kappa shape index (κ1) is 15.1.